The highest BCUT2D eigenvalue weighted by molar-refractivity contribution is 6.31. The Hall–Kier alpha value is -2.33. The second kappa shape index (κ2) is 7.25. The van der Waals surface area contributed by atoms with Crippen LogP contribution in [0.1, 0.15) is 36.5 Å². The molecule has 0 saturated heterocycles. The molecule has 3 aromatic carbocycles. The Morgan fingerprint density at radius 2 is 1.61 bits per heavy atom. The quantitative estimate of drug-likeness (QED) is 0.244. The van der Waals surface area contributed by atoms with Crippen LogP contribution in [0.15, 0.2) is 36.4 Å². The third-order valence-electron chi connectivity index (χ3n) is 5.24. The Morgan fingerprint density at radius 1 is 0.893 bits per heavy atom. The maximum atomic E-state index is 15.2. The van der Waals surface area contributed by atoms with E-state index in [4.69, 9.17) is 11.6 Å². The van der Waals surface area contributed by atoms with Crippen LogP contribution in [0, 0.1) is 23.3 Å². The van der Waals surface area contributed by atoms with Crippen molar-refractivity contribution in [3.63, 3.8) is 0 Å². The SMILES string of the molecule is CCCCc1ccc2c(c1)Cc1c-2cc(F)c(-c2cc(F)c(Cl)c(F)c2)c1F. The van der Waals surface area contributed by atoms with Gasteiger partial charge in [-0.05, 0) is 58.9 Å². The molecule has 0 unspecified atom stereocenters. The van der Waals surface area contributed by atoms with Crippen LogP contribution in [0.25, 0.3) is 22.3 Å². The van der Waals surface area contributed by atoms with Gasteiger partial charge in [0.05, 0.1) is 5.56 Å². The molecule has 0 aliphatic heterocycles. The Morgan fingerprint density at radius 3 is 2.29 bits per heavy atom. The van der Waals surface area contributed by atoms with Gasteiger partial charge < -0.3 is 0 Å². The van der Waals surface area contributed by atoms with E-state index in [0.717, 1.165) is 48.1 Å². The number of benzene rings is 3. The molecule has 4 rings (SSSR count). The lowest BCUT2D eigenvalue weighted by atomic mass is 9.97. The van der Waals surface area contributed by atoms with Crippen molar-refractivity contribution in [3.8, 4) is 22.3 Å². The third kappa shape index (κ3) is 3.10. The van der Waals surface area contributed by atoms with Crippen molar-refractivity contribution in [1.82, 2.24) is 0 Å². The lowest BCUT2D eigenvalue weighted by Crippen LogP contribution is -1.98. The van der Waals surface area contributed by atoms with Gasteiger partial charge in [0.2, 0.25) is 0 Å². The molecule has 0 fully saturated rings. The van der Waals surface area contributed by atoms with Crippen molar-refractivity contribution >= 4 is 11.6 Å². The van der Waals surface area contributed by atoms with Gasteiger partial charge in [0.1, 0.15) is 28.3 Å². The van der Waals surface area contributed by atoms with Crippen LogP contribution in [-0.2, 0) is 12.8 Å². The molecule has 0 amide bonds. The van der Waals surface area contributed by atoms with Gasteiger partial charge in [-0.25, -0.2) is 17.6 Å². The van der Waals surface area contributed by atoms with Crippen LogP contribution < -0.4 is 0 Å². The molecule has 1 aliphatic rings. The zero-order valence-corrected chi connectivity index (χ0v) is 15.9. The van der Waals surface area contributed by atoms with E-state index in [2.05, 4.69) is 6.92 Å². The summed E-state index contributed by atoms with van der Waals surface area (Å²) in [6.45, 7) is 2.12. The summed E-state index contributed by atoms with van der Waals surface area (Å²) >= 11 is 5.48. The molecule has 1 aliphatic carbocycles. The fourth-order valence-corrected chi connectivity index (χ4v) is 3.93. The number of unbranched alkanes of at least 4 members (excludes halogenated alkanes) is 1. The molecule has 0 heterocycles. The minimum Gasteiger partial charge on any atom is -0.206 e. The summed E-state index contributed by atoms with van der Waals surface area (Å²) in [5.74, 6) is -3.76. The molecule has 0 atom stereocenters. The molecule has 0 aromatic heterocycles. The first kappa shape index (κ1) is 19.0. The average Bonchev–Trinajstić information content (AvgIpc) is 3.02. The lowest BCUT2D eigenvalue weighted by Gasteiger charge is -2.11. The normalized spacial score (nSPS) is 12.2. The molecule has 0 spiro atoms. The largest absolute Gasteiger partial charge is 0.206 e. The summed E-state index contributed by atoms with van der Waals surface area (Å²) in [6, 6.07) is 8.86. The summed E-state index contributed by atoms with van der Waals surface area (Å²) in [5, 5.41) is -0.697. The van der Waals surface area contributed by atoms with Gasteiger partial charge in [-0.15, -0.1) is 0 Å². The summed E-state index contributed by atoms with van der Waals surface area (Å²) in [5.41, 5.74) is 3.08. The van der Waals surface area contributed by atoms with Crippen molar-refractivity contribution in [2.75, 3.05) is 0 Å². The van der Waals surface area contributed by atoms with Gasteiger partial charge in [-0.3, -0.25) is 0 Å². The molecule has 0 saturated carbocycles. The highest BCUT2D eigenvalue weighted by Gasteiger charge is 2.27. The summed E-state index contributed by atoms with van der Waals surface area (Å²) in [6.07, 6.45) is 3.40. The molecule has 28 heavy (non-hydrogen) atoms. The van der Waals surface area contributed by atoms with Gasteiger partial charge in [-0.2, -0.15) is 0 Å². The fraction of sp³-hybridized carbons (Fsp3) is 0.217. The van der Waals surface area contributed by atoms with E-state index in [1.165, 1.54) is 6.07 Å². The fourth-order valence-electron chi connectivity index (χ4n) is 3.82. The maximum absolute atomic E-state index is 15.2. The molecule has 5 heteroatoms. The zero-order chi connectivity index (χ0) is 20.0. The molecular formula is C23H17ClF4. The molecular weight excluding hydrogens is 388 g/mol. The number of hydrogen-bond donors (Lipinski definition) is 0. The highest BCUT2D eigenvalue weighted by Crippen LogP contribution is 2.43. The van der Waals surface area contributed by atoms with E-state index >= 15 is 4.39 Å². The average molecular weight is 405 g/mol. The van der Waals surface area contributed by atoms with Gasteiger partial charge >= 0.3 is 0 Å². The number of aryl methyl sites for hydroxylation is 1. The first-order valence-corrected chi connectivity index (χ1v) is 9.56. The standard InChI is InChI=1S/C23H17ClF4/c1-2-3-4-12-5-6-15-13(7-12)8-17-16(15)11-18(25)21(23(17)28)14-9-19(26)22(24)20(27)10-14/h5-7,9-11H,2-4,8H2,1H3. The molecule has 144 valence electrons. The van der Waals surface area contributed by atoms with Gasteiger partial charge in [0.15, 0.2) is 0 Å². The van der Waals surface area contributed by atoms with E-state index in [9.17, 15) is 13.2 Å². The Kier molecular flexibility index (Phi) is 4.92. The Balaban J connectivity index is 1.81. The van der Waals surface area contributed by atoms with E-state index in [1.807, 2.05) is 18.2 Å². The zero-order valence-electron chi connectivity index (χ0n) is 15.2. The van der Waals surface area contributed by atoms with Crippen molar-refractivity contribution in [1.29, 1.82) is 0 Å². The topological polar surface area (TPSA) is 0 Å². The first-order valence-electron chi connectivity index (χ1n) is 9.18. The summed E-state index contributed by atoms with van der Waals surface area (Å²) in [4.78, 5) is 0. The number of fused-ring (bicyclic) bond motifs is 3. The van der Waals surface area contributed by atoms with Crippen LogP contribution >= 0.6 is 11.6 Å². The third-order valence-corrected chi connectivity index (χ3v) is 5.60. The molecule has 0 nitrogen and oxygen atoms in total. The summed E-state index contributed by atoms with van der Waals surface area (Å²) in [7, 11) is 0. The van der Waals surface area contributed by atoms with Crippen LogP contribution in [0.5, 0.6) is 0 Å². The molecule has 0 radical (unpaired) electrons. The number of hydrogen-bond acceptors (Lipinski definition) is 0. The monoisotopic (exact) mass is 404 g/mol. The van der Waals surface area contributed by atoms with E-state index in [0.29, 0.717) is 17.5 Å². The molecule has 3 aromatic rings. The van der Waals surface area contributed by atoms with Crippen LogP contribution in [-0.4, -0.2) is 0 Å². The van der Waals surface area contributed by atoms with Crippen LogP contribution in [0.2, 0.25) is 5.02 Å². The maximum Gasteiger partial charge on any atom is 0.145 e. The second-order valence-corrected chi connectivity index (χ2v) is 7.48. The Bertz CT molecular complexity index is 1070. The predicted octanol–water partition coefficient (Wildman–Crippen LogP) is 7.48. The smallest absolute Gasteiger partial charge is 0.145 e. The van der Waals surface area contributed by atoms with E-state index in [1.54, 1.807) is 0 Å². The molecule has 0 N–H and O–H groups in total. The Labute approximate surface area is 165 Å². The van der Waals surface area contributed by atoms with E-state index < -0.39 is 33.9 Å². The van der Waals surface area contributed by atoms with Crippen molar-refractivity contribution in [3.05, 3.63) is 81.4 Å². The minimum absolute atomic E-state index is 0.211. The molecule has 0 bridgehead atoms. The minimum atomic E-state index is -1.06. The van der Waals surface area contributed by atoms with Crippen LogP contribution in [0.3, 0.4) is 0 Å². The highest BCUT2D eigenvalue weighted by atomic mass is 35.5. The lowest BCUT2D eigenvalue weighted by molar-refractivity contribution is 0.576. The van der Waals surface area contributed by atoms with Crippen molar-refractivity contribution in [2.24, 2.45) is 0 Å². The number of halogens is 5. The van der Waals surface area contributed by atoms with Crippen LogP contribution in [0.4, 0.5) is 17.6 Å². The number of rotatable bonds is 4. The summed E-state index contributed by atoms with van der Waals surface area (Å²) < 4.78 is 57.6. The van der Waals surface area contributed by atoms with Crippen molar-refractivity contribution < 1.29 is 17.6 Å². The van der Waals surface area contributed by atoms with Gasteiger partial charge in [0, 0.05) is 12.0 Å². The predicted molar refractivity (Wildman–Crippen MR) is 104 cm³/mol. The van der Waals surface area contributed by atoms with Gasteiger partial charge in [0.25, 0.3) is 0 Å². The van der Waals surface area contributed by atoms with Crippen molar-refractivity contribution in [2.45, 2.75) is 32.6 Å². The van der Waals surface area contributed by atoms with E-state index in [-0.39, 0.29) is 5.56 Å². The second-order valence-electron chi connectivity index (χ2n) is 7.10. The first-order chi connectivity index (χ1) is 13.4. The van der Waals surface area contributed by atoms with Gasteiger partial charge in [-0.1, -0.05) is 43.1 Å².